The molecule has 0 radical (unpaired) electrons. The standard InChI is InChI=1S/C27H23N5O4S/c33-19-6-5-13(10-20(19)34)14-9-18-25(21(35)11-14)24(15-12-28-32-26(15)29-18)22-7-8-23(36-22)37-27-30-16-3-1-2-4-17(16)31-27/h1-8,10,12,14,16-17,24,33-34H,9,11H2,(H,30,31)(H2,28,29,32). The summed E-state index contributed by atoms with van der Waals surface area (Å²) < 4.78 is 6.29. The number of hydrogen-bond acceptors (Lipinski definition) is 9. The van der Waals surface area contributed by atoms with Crippen molar-refractivity contribution in [2.24, 2.45) is 4.99 Å². The van der Waals surface area contributed by atoms with Gasteiger partial charge in [0.1, 0.15) is 11.6 Å². The van der Waals surface area contributed by atoms with Gasteiger partial charge in [-0.05, 0) is 53.9 Å². The fourth-order valence-electron chi connectivity index (χ4n) is 5.49. The largest absolute Gasteiger partial charge is 0.504 e. The first-order valence-electron chi connectivity index (χ1n) is 12.1. The molecule has 2 aliphatic carbocycles. The molecule has 2 aliphatic heterocycles. The molecule has 0 spiro atoms. The van der Waals surface area contributed by atoms with Gasteiger partial charge >= 0.3 is 0 Å². The van der Waals surface area contributed by atoms with Crippen LogP contribution in [-0.2, 0) is 4.79 Å². The second kappa shape index (κ2) is 8.45. The number of rotatable bonds is 3. The SMILES string of the molecule is O=C1CC(c2ccc(O)c(O)c2)CC2=C1C(c1ccc(SC3=NC4C=CC=CC4N3)o1)c1cn[nH]c1N2. The lowest BCUT2D eigenvalue weighted by atomic mass is 9.74. The number of aromatic amines is 1. The Morgan fingerprint density at radius 3 is 2.81 bits per heavy atom. The number of nitrogens with one attached hydrogen (secondary N) is 3. The molecular formula is C27H23N5O4S. The van der Waals surface area contributed by atoms with Crippen molar-refractivity contribution >= 4 is 28.5 Å². The average molecular weight is 514 g/mol. The maximum Gasteiger partial charge on any atom is 0.168 e. The van der Waals surface area contributed by atoms with Gasteiger partial charge in [-0.3, -0.25) is 14.9 Å². The Labute approximate surface area is 216 Å². The molecule has 0 amide bonds. The van der Waals surface area contributed by atoms with E-state index < -0.39 is 0 Å². The van der Waals surface area contributed by atoms with E-state index in [2.05, 4.69) is 33.0 Å². The number of anilines is 1. The van der Waals surface area contributed by atoms with Crippen LogP contribution in [0.15, 0.2) is 86.6 Å². The number of Topliss-reactive ketones (excluding diaryl/α,β-unsaturated/α-hetero) is 1. The van der Waals surface area contributed by atoms with Gasteiger partial charge in [-0.15, -0.1) is 0 Å². The summed E-state index contributed by atoms with van der Waals surface area (Å²) in [5.74, 6) is 0.538. The van der Waals surface area contributed by atoms with Crippen molar-refractivity contribution in [1.82, 2.24) is 15.5 Å². The topological polar surface area (TPSA) is 136 Å². The van der Waals surface area contributed by atoms with Crippen LogP contribution in [0, 0.1) is 0 Å². The van der Waals surface area contributed by atoms with Gasteiger partial charge in [-0.1, -0.05) is 30.4 Å². The van der Waals surface area contributed by atoms with Gasteiger partial charge in [0.25, 0.3) is 0 Å². The van der Waals surface area contributed by atoms with E-state index in [4.69, 9.17) is 9.41 Å². The number of carbonyl (C=O) groups is 1. The molecule has 0 fully saturated rings. The molecule has 1 aromatic carbocycles. The van der Waals surface area contributed by atoms with E-state index in [1.54, 1.807) is 12.3 Å². The second-order valence-corrected chi connectivity index (χ2v) is 10.5. The molecule has 4 unspecified atom stereocenters. The van der Waals surface area contributed by atoms with Gasteiger partial charge in [0, 0.05) is 23.3 Å². The summed E-state index contributed by atoms with van der Waals surface area (Å²) in [7, 11) is 0. The Hall–Kier alpha value is -4.18. The number of phenols is 2. The number of phenolic OH excluding ortho intramolecular Hbond substituents is 2. The Morgan fingerprint density at radius 2 is 1.95 bits per heavy atom. The molecule has 186 valence electrons. The lowest BCUT2D eigenvalue weighted by molar-refractivity contribution is -0.116. The monoisotopic (exact) mass is 513 g/mol. The summed E-state index contributed by atoms with van der Waals surface area (Å²) in [5.41, 5.74) is 3.15. The Morgan fingerprint density at radius 1 is 1.05 bits per heavy atom. The summed E-state index contributed by atoms with van der Waals surface area (Å²) in [6.07, 6.45) is 10.8. The number of fused-ring (bicyclic) bond motifs is 2. The van der Waals surface area contributed by atoms with Crippen molar-refractivity contribution in [1.29, 1.82) is 0 Å². The number of benzene rings is 1. The van der Waals surface area contributed by atoms with Gasteiger partial charge in [-0.2, -0.15) is 5.10 Å². The normalized spacial score (nSPS) is 25.7. The van der Waals surface area contributed by atoms with Gasteiger partial charge in [0.15, 0.2) is 27.5 Å². The van der Waals surface area contributed by atoms with Crippen molar-refractivity contribution in [2.75, 3.05) is 5.32 Å². The zero-order chi connectivity index (χ0) is 25.1. The summed E-state index contributed by atoms with van der Waals surface area (Å²) in [6.45, 7) is 0. The summed E-state index contributed by atoms with van der Waals surface area (Å²) in [4.78, 5) is 18.3. The van der Waals surface area contributed by atoms with Crippen LogP contribution >= 0.6 is 11.8 Å². The molecule has 37 heavy (non-hydrogen) atoms. The van der Waals surface area contributed by atoms with Crippen molar-refractivity contribution in [3.8, 4) is 11.5 Å². The number of nitrogens with zero attached hydrogens (tertiary/aromatic N) is 2. The zero-order valence-corrected chi connectivity index (χ0v) is 20.3. The van der Waals surface area contributed by atoms with Crippen molar-refractivity contribution in [3.05, 3.63) is 89.0 Å². The number of hydrogen-bond donors (Lipinski definition) is 5. The number of ketones is 1. The Kier molecular flexibility index (Phi) is 5.03. The molecular weight excluding hydrogens is 490 g/mol. The van der Waals surface area contributed by atoms with E-state index in [9.17, 15) is 15.0 Å². The minimum absolute atomic E-state index is 0.0123. The molecule has 9 nitrogen and oxygen atoms in total. The maximum atomic E-state index is 13.6. The van der Waals surface area contributed by atoms with Crippen LogP contribution in [0.4, 0.5) is 5.82 Å². The number of aromatic nitrogens is 2. The third-order valence-electron chi connectivity index (χ3n) is 7.27. The lowest BCUT2D eigenvalue weighted by Gasteiger charge is -2.34. The zero-order valence-electron chi connectivity index (χ0n) is 19.5. The quantitative estimate of drug-likeness (QED) is 0.327. The minimum Gasteiger partial charge on any atom is -0.504 e. The van der Waals surface area contributed by atoms with Crippen molar-refractivity contribution in [2.45, 2.75) is 41.9 Å². The highest BCUT2D eigenvalue weighted by molar-refractivity contribution is 8.13. The predicted octanol–water partition coefficient (Wildman–Crippen LogP) is 4.29. The second-order valence-electron chi connectivity index (χ2n) is 9.55. The van der Waals surface area contributed by atoms with Gasteiger partial charge in [0.2, 0.25) is 0 Å². The number of allylic oxidation sites excluding steroid dienone is 4. The first-order valence-corrected chi connectivity index (χ1v) is 12.9. The average Bonchev–Trinajstić information content (AvgIpc) is 3.63. The van der Waals surface area contributed by atoms with Crippen molar-refractivity contribution < 1.29 is 19.4 Å². The van der Waals surface area contributed by atoms with E-state index in [0.717, 1.165) is 27.8 Å². The molecule has 0 bridgehead atoms. The van der Waals surface area contributed by atoms with Crippen LogP contribution < -0.4 is 10.6 Å². The van der Waals surface area contributed by atoms with Gasteiger partial charge < -0.3 is 25.3 Å². The molecule has 4 heterocycles. The van der Waals surface area contributed by atoms with Crippen LogP contribution in [0.2, 0.25) is 0 Å². The highest BCUT2D eigenvalue weighted by atomic mass is 32.2. The van der Waals surface area contributed by atoms with Crippen molar-refractivity contribution in [3.63, 3.8) is 0 Å². The number of thioether (sulfide) groups is 1. The molecule has 10 heteroatoms. The molecule has 2 aromatic heterocycles. The minimum atomic E-state index is -0.382. The third-order valence-corrected chi connectivity index (χ3v) is 8.11. The maximum absolute atomic E-state index is 13.6. The Bertz CT molecular complexity index is 1550. The number of furan rings is 1. The van der Waals surface area contributed by atoms with E-state index >= 15 is 0 Å². The highest BCUT2D eigenvalue weighted by Crippen LogP contribution is 2.48. The molecule has 0 saturated heterocycles. The number of amidine groups is 1. The first-order chi connectivity index (χ1) is 18.0. The molecule has 3 aromatic rings. The predicted molar refractivity (Wildman–Crippen MR) is 139 cm³/mol. The molecule has 4 atom stereocenters. The van der Waals surface area contributed by atoms with Crippen LogP contribution in [0.3, 0.4) is 0 Å². The Balaban J connectivity index is 1.19. The van der Waals surface area contributed by atoms with E-state index in [1.807, 2.05) is 24.3 Å². The summed E-state index contributed by atoms with van der Waals surface area (Å²) >= 11 is 1.44. The van der Waals surface area contributed by atoms with E-state index in [1.165, 1.54) is 23.9 Å². The van der Waals surface area contributed by atoms with Crippen LogP contribution in [0.5, 0.6) is 11.5 Å². The van der Waals surface area contributed by atoms with Gasteiger partial charge in [0.05, 0.1) is 24.2 Å². The first kappa shape index (κ1) is 22.1. The molecule has 0 saturated carbocycles. The molecule has 7 rings (SSSR count). The molecule has 4 aliphatic rings. The lowest BCUT2D eigenvalue weighted by Crippen LogP contribution is -2.31. The van der Waals surface area contributed by atoms with Crippen LogP contribution in [-0.4, -0.2) is 43.4 Å². The number of carbonyl (C=O) groups excluding carboxylic acids is 1. The number of aliphatic imine (C=N–C) groups is 1. The fourth-order valence-corrected chi connectivity index (χ4v) is 6.33. The van der Waals surface area contributed by atoms with Crippen LogP contribution in [0.25, 0.3) is 0 Å². The number of aromatic hydroxyl groups is 2. The highest BCUT2D eigenvalue weighted by Gasteiger charge is 2.41. The van der Waals surface area contributed by atoms with Gasteiger partial charge in [-0.25, -0.2) is 0 Å². The van der Waals surface area contributed by atoms with E-state index in [-0.39, 0.29) is 41.2 Å². The molecule has 5 N–H and O–H groups in total. The third kappa shape index (κ3) is 3.75. The number of H-pyrrole nitrogens is 1. The van der Waals surface area contributed by atoms with Crippen LogP contribution in [0.1, 0.15) is 41.6 Å². The van der Waals surface area contributed by atoms with E-state index in [0.29, 0.717) is 29.3 Å². The summed E-state index contributed by atoms with van der Waals surface area (Å²) in [6, 6.07) is 8.81. The summed E-state index contributed by atoms with van der Waals surface area (Å²) in [5, 5.41) is 35.2. The fraction of sp³-hybridized carbons (Fsp3) is 0.222. The smallest absolute Gasteiger partial charge is 0.168 e.